The summed E-state index contributed by atoms with van der Waals surface area (Å²) in [4.78, 5) is 9.24. The fourth-order valence-electron chi connectivity index (χ4n) is 2.99. The highest BCUT2D eigenvalue weighted by Crippen LogP contribution is 2.31. The molecule has 0 aliphatic heterocycles. The van der Waals surface area contributed by atoms with Crippen LogP contribution in [0.3, 0.4) is 0 Å². The van der Waals surface area contributed by atoms with Crippen LogP contribution in [0.25, 0.3) is 32.9 Å². The van der Waals surface area contributed by atoms with Crippen LogP contribution in [0.4, 0.5) is 0 Å². The number of aryl methyl sites for hydroxylation is 2. The number of benzene rings is 2. The van der Waals surface area contributed by atoms with Gasteiger partial charge in [-0.1, -0.05) is 29.8 Å². The van der Waals surface area contributed by atoms with Crippen molar-refractivity contribution in [1.82, 2.24) is 9.97 Å². The SMILES string of the molecule is Cc1cccc(-c2nccc3c2ccc2nc(C)ccc23)c1. The highest BCUT2D eigenvalue weighted by atomic mass is 14.7. The Labute approximate surface area is 129 Å². The fraction of sp³-hybridized carbons (Fsp3) is 0.100. The maximum atomic E-state index is 4.62. The molecule has 4 rings (SSSR count). The normalized spacial score (nSPS) is 11.2. The zero-order valence-corrected chi connectivity index (χ0v) is 12.7. The van der Waals surface area contributed by atoms with Gasteiger partial charge in [-0.05, 0) is 49.6 Å². The van der Waals surface area contributed by atoms with Crippen LogP contribution in [0.15, 0.2) is 60.8 Å². The summed E-state index contributed by atoms with van der Waals surface area (Å²) in [5.41, 5.74) is 5.51. The van der Waals surface area contributed by atoms with E-state index in [-0.39, 0.29) is 0 Å². The van der Waals surface area contributed by atoms with E-state index in [1.165, 1.54) is 21.7 Å². The van der Waals surface area contributed by atoms with E-state index in [1.54, 1.807) is 0 Å². The lowest BCUT2D eigenvalue weighted by Gasteiger charge is -2.09. The van der Waals surface area contributed by atoms with E-state index in [4.69, 9.17) is 0 Å². The van der Waals surface area contributed by atoms with E-state index in [9.17, 15) is 0 Å². The summed E-state index contributed by atoms with van der Waals surface area (Å²) in [6, 6.07) is 19.0. The quantitative estimate of drug-likeness (QED) is 0.456. The number of hydrogen-bond donors (Lipinski definition) is 0. The van der Waals surface area contributed by atoms with E-state index in [1.807, 2.05) is 13.1 Å². The lowest BCUT2D eigenvalue weighted by molar-refractivity contribution is 1.26. The van der Waals surface area contributed by atoms with Gasteiger partial charge in [0.15, 0.2) is 0 Å². The molecule has 2 aromatic carbocycles. The van der Waals surface area contributed by atoms with Gasteiger partial charge in [-0.25, -0.2) is 0 Å². The monoisotopic (exact) mass is 284 g/mol. The maximum Gasteiger partial charge on any atom is 0.0780 e. The molecule has 0 aliphatic rings. The summed E-state index contributed by atoms with van der Waals surface area (Å²) in [5.74, 6) is 0. The van der Waals surface area contributed by atoms with Crippen LogP contribution in [0.2, 0.25) is 0 Å². The Morgan fingerprint density at radius 1 is 0.773 bits per heavy atom. The molecule has 0 atom stereocenters. The lowest BCUT2D eigenvalue weighted by atomic mass is 10.00. The summed E-state index contributed by atoms with van der Waals surface area (Å²) in [6.45, 7) is 4.13. The van der Waals surface area contributed by atoms with E-state index in [2.05, 4.69) is 71.5 Å². The molecule has 0 aliphatic carbocycles. The van der Waals surface area contributed by atoms with E-state index in [0.717, 1.165) is 22.5 Å². The van der Waals surface area contributed by atoms with Crippen LogP contribution in [0.5, 0.6) is 0 Å². The van der Waals surface area contributed by atoms with Crippen LogP contribution in [0.1, 0.15) is 11.3 Å². The Hall–Kier alpha value is -2.74. The average molecular weight is 284 g/mol. The number of rotatable bonds is 1. The number of aromatic nitrogens is 2. The van der Waals surface area contributed by atoms with Crippen molar-refractivity contribution in [3.8, 4) is 11.3 Å². The van der Waals surface area contributed by atoms with Crippen LogP contribution >= 0.6 is 0 Å². The number of nitrogens with zero attached hydrogens (tertiary/aromatic N) is 2. The molecule has 4 aromatic rings. The first-order valence-electron chi connectivity index (χ1n) is 7.44. The topological polar surface area (TPSA) is 25.8 Å². The highest BCUT2D eigenvalue weighted by molar-refractivity contribution is 6.10. The van der Waals surface area contributed by atoms with Crippen LogP contribution in [-0.2, 0) is 0 Å². The number of hydrogen-bond acceptors (Lipinski definition) is 2. The van der Waals surface area contributed by atoms with Crippen molar-refractivity contribution in [1.29, 1.82) is 0 Å². The van der Waals surface area contributed by atoms with Crippen molar-refractivity contribution in [2.24, 2.45) is 0 Å². The van der Waals surface area contributed by atoms with Gasteiger partial charge in [0.25, 0.3) is 0 Å². The third kappa shape index (κ3) is 2.04. The predicted molar refractivity (Wildman–Crippen MR) is 92.0 cm³/mol. The van der Waals surface area contributed by atoms with Gasteiger partial charge < -0.3 is 0 Å². The lowest BCUT2D eigenvalue weighted by Crippen LogP contribution is -1.89. The molecule has 0 saturated carbocycles. The van der Waals surface area contributed by atoms with Gasteiger partial charge in [0.2, 0.25) is 0 Å². The van der Waals surface area contributed by atoms with Gasteiger partial charge >= 0.3 is 0 Å². The molecule has 0 amide bonds. The van der Waals surface area contributed by atoms with Crippen LogP contribution in [-0.4, -0.2) is 9.97 Å². The molecular weight excluding hydrogens is 268 g/mol. The highest BCUT2D eigenvalue weighted by Gasteiger charge is 2.08. The van der Waals surface area contributed by atoms with Crippen molar-refractivity contribution < 1.29 is 0 Å². The Balaban J connectivity index is 2.07. The van der Waals surface area contributed by atoms with Crippen LogP contribution < -0.4 is 0 Å². The summed E-state index contributed by atoms with van der Waals surface area (Å²) >= 11 is 0. The van der Waals surface area contributed by atoms with Crippen molar-refractivity contribution in [3.63, 3.8) is 0 Å². The molecular formula is C20H16N2. The van der Waals surface area contributed by atoms with Gasteiger partial charge in [0.1, 0.15) is 0 Å². The molecule has 0 unspecified atom stereocenters. The molecule has 2 nitrogen and oxygen atoms in total. The van der Waals surface area contributed by atoms with Gasteiger partial charge in [0.05, 0.1) is 11.2 Å². The summed E-state index contributed by atoms with van der Waals surface area (Å²) in [6.07, 6.45) is 1.89. The van der Waals surface area contributed by atoms with Gasteiger partial charge in [-0.3, -0.25) is 9.97 Å². The maximum absolute atomic E-state index is 4.62. The van der Waals surface area contributed by atoms with Crippen molar-refractivity contribution in [2.75, 3.05) is 0 Å². The minimum absolute atomic E-state index is 1.03. The fourth-order valence-corrected chi connectivity index (χ4v) is 2.99. The Morgan fingerprint density at radius 2 is 1.64 bits per heavy atom. The summed E-state index contributed by atoms with van der Waals surface area (Å²) < 4.78 is 0. The van der Waals surface area contributed by atoms with Gasteiger partial charge in [0, 0.05) is 28.2 Å². The standard InChI is InChI=1S/C20H16N2/c1-13-4-3-5-15(12-13)20-18-8-9-19-17(7-6-14(2)22-19)16(18)10-11-21-20/h3-12H,1-2H3. The van der Waals surface area contributed by atoms with Gasteiger partial charge in [-0.2, -0.15) is 0 Å². The minimum Gasteiger partial charge on any atom is -0.256 e. The third-order valence-corrected chi connectivity index (χ3v) is 4.04. The average Bonchev–Trinajstić information content (AvgIpc) is 2.53. The molecule has 0 saturated heterocycles. The number of pyridine rings is 2. The van der Waals surface area contributed by atoms with Crippen LogP contribution in [0, 0.1) is 13.8 Å². The Bertz CT molecular complexity index is 1000. The second kappa shape index (κ2) is 4.92. The van der Waals surface area contributed by atoms with E-state index < -0.39 is 0 Å². The van der Waals surface area contributed by atoms with E-state index >= 15 is 0 Å². The number of fused-ring (bicyclic) bond motifs is 3. The van der Waals surface area contributed by atoms with Crippen molar-refractivity contribution in [2.45, 2.75) is 13.8 Å². The summed E-state index contributed by atoms with van der Waals surface area (Å²) in [7, 11) is 0. The molecule has 2 aromatic heterocycles. The van der Waals surface area contributed by atoms with Crippen molar-refractivity contribution in [3.05, 3.63) is 72.1 Å². The first kappa shape index (κ1) is 13.0. The molecule has 0 bridgehead atoms. The van der Waals surface area contributed by atoms with E-state index in [0.29, 0.717) is 0 Å². The molecule has 22 heavy (non-hydrogen) atoms. The zero-order chi connectivity index (χ0) is 15.1. The third-order valence-electron chi connectivity index (χ3n) is 4.04. The Morgan fingerprint density at radius 3 is 2.50 bits per heavy atom. The summed E-state index contributed by atoms with van der Waals surface area (Å²) in [5, 5.41) is 3.56. The molecule has 0 fully saturated rings. The largest absolute Gasteiger partial charge is 0.256 e. The molecule has 0 radical (unpaired) electrons. The first-order valence-corrected chi connectivity index (χ1v) is 7.44. The molecule has 0 N–H and O–H groups in total. The molecule has 2 heteroatoms. The first-order chi connectivity index (χ1) is 10.7. The predicted octanol–water partition coefficient (Wildman–Crippen LogP) is 5.07. The zero-order valence-electron chi connectivity index (χ0n) is 12.7. The van der Waals surface area contributed by atoms with Gasteiger partial charge in [-0.15, -0.1) is 0 Å². The van der Waals surface area contributed by atoms with Crippen molar-refractivity contribution >= 4 is 21.7 Å². The molecule has 106 valence electrons. The second-order valence-corrected chi connectivity index (χ2v) is 5.71. The minimum atomic E-state index is 1.03. The smallest absolute Gasteiger partial charge is 0.0780 e. The molecule has 0 spiro atoms. The second-order valence-electron chi connectivity index (χ2n) is 5.71. The Kier molecular flexibility index (Phi) is 2.90. The molecule has 2 heterocycles.